The molecule has 1 amide bonds. The lowest BCUT2D eigenvalue weighted by molar-refractivity contribution is -0.137. The number of nitrogens with one attached hydrogen (secondary N) is 1. The maximum Gasteiger partial charge on any atom is 0.416 e. The fourth-order valence-electron chi connectivity index (χ4n) is 3.13. The molecule has 1 aromatic carbocycles. The smallest absolute Gasteiger partial charge is 0.416 e. The van der Waals surface area contributed by atoms with Crippen molar-refractivity contribution in [3.8, 4) is 11.3 Å². The molecule has 0 aliphatic rings. The highest BCUT2D eigenvalue weighted by atomic mass is 19.4. The minimum Gasteiger partial charge on any atom is -0.456 e. The predicted octanol–water partition coefficient (Wildman–Crippen LogP) is 4.96. The Kier molecular flexibility index (Phi) is 5.62. The second kappa shape index (κ2) is 8.41. The van der Waals surface area contributed by atoms with Crippen LogP contribution < -0.4 is 5.32 Å². The molecule has 8 nitrogen and oxygen atoms in total. The molecule has 0 aliphatic heterocycles. The van der Waals surface area contributed by atoms with Crippen molar-refractivity contribution >= 4 is 17.4 Å². The molecule has 1 N–H and O–H groups in total. The summed E-state index contributed by atoms with van der Waals surface area (Å²) < 4.78 is 51.6. The molecule has 3 aromatic heterocycles. The average molecular weight is 458 g/mol. The monoisotopic (exact) mass is 458 g/mol. The molecule has 0 unspecified atom stereocenters. The number of Topliss-reactive ketones (excluding diaryl/α,β-unsaturated/α-hetero) is 1. The highest BCUT2D eigenvalue weighted by molar-refractivity contribution is 6.06. The molecule has 0 aliphatic carbocycles. The molecule has 0 atom stereocenters. The van der Waals surface area contributed by atoms with Crippen LogP contribution in [0.2, 0.25) is 0 Å². The minimum atomic E-state index is -4.54. The topological polar surface area (TPSA) is 103 Å². The van der Waals surface area contributed by atoms with E-state index in [1.54, 1.807) is 12.1 Å². The quantitative estimate of drug-likeness (QED) is 0.410. The Labute approximate surface area is 185 Å². The second-order valence-corrected chi connectivity index (χ2v) is 7.19. The third-order valence-corrected chi connectivity index (χ3v) is 4.62. The number of alkyl halides is 3. The van der Waals surface area contributed by atoms with E-state index >= 15 is 0 Å². The Morgan fingerprint density at radius 3 is 2.64 bits per heavy atom. The third-order valence-electron chi connectivity index (χ3n) is 4.62. The molecule has 0 fully saturated rings. The van der Waals surface area contributed by atoms with Crippen molar-refractivity contribution in [1.82, 2.24) is 14.8 Å². The number of benzene rings is 1. The molecule has 33 heavy (non-hydrogen) atoms. The Morgan fingerprint density at radius 1 is 1.15 bits per heavy atom. The van der Waals surface area contributed by atoms with Crippen LogP contribution in [0.5, 0.6) is 0 Å². The van der Waals surface area contributed by atoms with Gasteiger partial charge in [-0.1, -0.05) is 12.1 Å². The van der Waals surface area contributed by atoms with E-state index in [0.29, 0.717) is 11.4 Å². The molecule has 0 saturated carbocycles. The number of hydrogen-bond acceptors (Lipinski definition) is 6. The van der Waals surface area contributed by atoms with Crippen molar-refractivity contribution in [1.29, 1.82) is 0 Å². The number of anilines is 1. The van der Waals surface area contributed by atoms with E-state index in [2.05, 4.69) is 15.4 Å². The zero-order valence-electron chi connectivity index (χ0n) is 17.4. The van der Waals surface area contributed by atoms with Gasteiger partial charge in [0.1, 0.15) is 5.76 Å². The molecular formula is C22H17F3N4O4. The Morgan fingerprint density at radius 2 is 1.94 bits per heavy atom. The molecule has 170 valence electrons. The van der Waals surface area contributed by atoms with Gasteiger partial charge in [-0.2, -0.15) is 18.3 Å². The summed E-state index contributed by atoms with van der Waals surface area (Å²) in [6.07, 6.45) is -1.62. The lowest BCUT2D eigenvalue weighted by Crippen LogP contribution is -2.13. The van der Waals surface area contributed by atoms with Crippen molar-refractivity contribution < 1.29 is 31.6 Å². The summed E-state index contributed by atoms with van der Waals surface area (Å²) in [5.41, 5.74) is -0.622. The van der Waals surface area contributed by atoms with Crippen LogP contribution in [0.25, 0.3) is 11.3 Å². The maximum absolute atomic E-state index is 13.1. The van der Waals surface area contributed by atoms with Crippen LogP contribution in [0.1, 0.15) is 45.2 Å². The first-order valence-corrected chi connectivity index (χ1v) is 9.68. The SMILES string of the molecule is CC(=O)c1ccc(Cn2cc(NC(=O)c3nc(C)oc3-c3cccc(C(F)(F)F)c3)cn2)o1. The van der Waals surface area contributed by atoms with Gasteiger partial charge in [-0.15, -0.1) is 0 Å². The molecule has 0 saturated heterocycles. The zero-order chi connectivity index (χ0) is 23.8. The number of carbonyl (C=O) groups excluding carboxylic acids is 2. The number of hydrogen-bond donors (Lipinski definition) is 1. The number of furan rings is 1. The minimum absolute atomic E-state index is 0.0733. The van der Waals surface area contributed by atoms with E-state index in [0.717, 1.165) is 12.1 Å². The summed E-state index contributed by atoms with van der Waals surface area (Å²) in [5, 5.41) is 6.73. The van der Waals surface area contributed by atoms with Gasteiger partial charge in [0.25, 0.3) is 5.91 Å². The van der Waals surface area contributed by atoms with Gasteiger partial charge in [0.15, 0.2) is 28.9 Å². The van der Waals surface area contributed by atoms with E-state index in [9.17, 15) is 22.8 Å². The molecule has 4 rings (SSSR count). The first kappa shape index (κ1) is 22.1. The highest BCUT2D eigenvalue weighted by Gasteiger charge is 2.31. The summed E-state index contributed by atoms with van der Waals surface area (Å²) in [7, 11) is 0. The number of aromatic nitrogens is 3. The summed E-state index contributed by atoms with van der Waals surface area (Å²) in [4.78, 5) is 28.2. The van der Waals surface area contributed by atoms with Gasteiger partial charge in [-0.05, 0) is 24.3 Å². The fraction of sp³-hybridized carbons (Fsp3) is 0.182. The van der Waals surface area contributed by atoms with Crippen LogP contribution >= 0.6 is 0 Å². The number of carbonyl (C=O) groups is 2. The lowest BCUT2D eigenvalue weighted by Gasteiger charge is -2.08. The van der Waals surface area contributed by atoms with Gasteiger partial charge in [-0.3, -0.25) is 14.3 Å². The molecule has 0 spiro atoms. The van der Waals surface area contributed by atoms with Crippen LogP contribution in [0.4, 0.5) is 18.9 Å². The summed E-state index contributed by atoms with van der Waals surface area (Å²) in [5.74, 6) is -0.0858. The van der Waals surface area contributed by atoms with E-state index in [-0.39, 0.29) is 41.0 Å². The van der Waals surface area contributed by atoms with Crippen LogP contribution in [-0.2, 0) is 12.7 Å². The van der Waals surface area contributed by atoms with Crippen LogP contribution in [0, 0.1) is 6.92 Å². The van der Waals surface area contributed by atoms with Gasteiger partial charge in [0.2, 0.25) is 0 Å². The number of amides is 1. The standard InChI is InChI=1S/C22H17F3N4O4/c1-12(30)18-7-6-17(33-18)11-29-10-16(9-26-29)28-21(31)19-20(32-13(2)27-19)14-4-3-5-15(8-14)22(23,24)25/h3-10H,11H2,1-2H3,(H,28,31). The normalized spacial score (nSPS) is 11.5. The fourth-order valence-corrected chi connectivity index (χ4v) is 3.13. The van der Waals surface area contributed by atoms with Crippen molar-refractivity contribution in [2.75, 3.05) is 5.32 Å². The largest absolute Gasteiger partial charge is 0.456 e. The van der Waals surface area contributed by atoms with E-state index in [1.165, 1.54) is 43.1 Å². The van der Waals surface area contributed by atoms with Gasteiger partial charge >= 0.3 is 6.18 Å². The number of oxazole rings is 1. The van der Waals surface area contributed by atoms with E-state index < -0.39 is 17.6 Å². The first-order valence-electron chi connectivity index (χ1n) is 9.68. The van der Waals surface area contributed by atoms with Crippen LogP contribution in [0.15, 0.2) is 57.6 Å². The first-order chi connectivity index (χ1) is 15.6. The maximum atomic E-state index is 13.1. The average Bonchev–Trinajstić information content (AvgIpc) is 3.48. The molecular weight excluding hydrogens is 441 g/mol. The van der Waals surface area contributed by atoms with Crippen molar-refractivity contribution in [3.05, 3.63) is 77.5 Å². The Balaban J connectivity index is 1.53. The number of aryl methyl sites for hydroxylation is 1. The number of nitrogens with zero attached hydrogens (tertiary/aromatic N) is 3. The lowest BCUT2D eigenvalue weighted by atomic mass is 10.1. The second-order valence-electron chi connectivity index (χ2n) is 7.19. The van der Waals surface area contributed by atoms with Crippen LogP contribution in [0.3, 0.4) is 0 Å². The number of ketones is 1. The van der Waals surface area contributed by atoms with Crippen LogP contribution in [-0.4, -0.2) is 26.5 Å². The zero-order valence-corrected chi connectivity index (χ0v) is 17.4. The van der Waals surface area contributed by atoms with Gasteiger partial charge in [-0.25, -0.2) is 4.98 Å². The van der Waals surface area contributed by atoms with E-state index in [1.807, 2.05) is 0 Å². The van der Waals surface area contributed by atoms with Gasteiger partial charge < -0.3 is 14.2 Å². The summed E-state index contributed by atoms with van der Waals surface area (Å²) >= 11 is 0. The Hall–Kier alpha value is -4.15. The summed E-state index contributed by atoms with van der Waals surface area (Å²) in [6.45, 7) is 3.11. The van der Waals surface area contributed by atoms with Crippen molar-refractivity contribution in [2.45, 2.75) is 26.6 Å². The highest BCUT2D eigenvalue weighted by Crippen LogP contribution is 2.33. The molecule has 11 heteroatoms. The summed E-state index contributed by atoms with van der Waals surface area (Å²) in [6, 6.07) is 7.67. The molecule has 4 aromatic rings. The molecule has 3 heterocycles. The third kappa shape index (κ3) is 4.86. The van der Waals surface area contributed by atoms with Gasteiger partial charge in [0.05, 0.1) is 24.0 Å². The predicted molar refractivity (Wildman–Crippen MR) is 110 cm³/mol. The number of rotatable bonds is 6. The van der Waals surface area contributed by atoms with E-state index in [4.69, 9.17) is 8.83 Å². The van der Waals surface area contributed by atoms with Gasteiger partial charge in [0, 0.05) is 25.6 Å². The van der Waals surface area contributed by atoms with Crippen molar-refractivity contribution in [3.63, 3.8) is 0 Å². The Bertz CT molecular complexity index is 1330. The molecule has 0 radical (unpaired) electrons. The van der Waals surface area contributed by atoms with Crippen molar-refractivity contribution in [2.24, 2.45) is 0 Å². The number of halogens is 3. The molecule has 0 bridgehead atoms.